The van der Waals surface area contributed by atoms with Crippen molar-refractivity contribution in [1.29, 1.82) is 0 Å². The Bertz CT molecular complexity index is 656. The lowest BCUT2D eigenvalue weighted by atomic mass is 10.2. The highest BCUT2D eigenvalue weighted by atomic mass is 16.2. The fourth-order valence-corrected chi connectivity index (χ4v) is 2.09. The molecule has 1 aromatic carbocycles. The zero-order valence-electron chi connectivity index (χ0n) is 8.55. The van der Waals surface area contributed by atoms with E-state index >= 15 is 0 Å². The molecular formula is C12H10N2O2. The predicted molar refractivity (Wildman–Crippen MR) is 61.2 cm³/mol. The molecule has 0 bridgehead atoms. The van der Waals surface area contributed by atoms with E-state index < -0.39 is 0 Å². The molecule has 1 aromatic heterocycles. The number of para-hydroxylation sites is 1. The second-order valence-electron chi connectivity index (χ2n) is 3.81. The number of aliphatic hydroxyl groups is 1. The Morgan fingerprint density at radius 1 is 1.38 bits per heavy atom. The summed E-state index contributed by atoms with van der Waals surface area (Å²) in [7, 11) is 0. The van der Waals surface area contributed by atoms with Crippen LogP contribution in [-0.4, -0.2) is 14.7 Å². The molecule has 80 valence electrons. The van der Waals surface area contributed by atoms with Gasteiger partial charge in [0.15, 0.2) is 0 Å². The summed E-state index contributed by atoms with van der Waals surface area (Å²) in [5, 5.41) is 9.69. The van der Waals surface area contributed by atoms with Crippen LogP contribution in [0.5, 0.6) is 0 Å². The van der Waals surface area contributed by atoms with Crippen LogP contribution in [0.1, 0.15) is 12.2 Å². The Hall–Kier alpha value is -2.10. The molecule has 4 nitrogen and oxygen atoms in total. The third-order valence-electron chi connectivity index (χ3n) is 2.91. The molecule has 3 rings (SSSR count). The molecule has 1 aliphatic rings. The smallest absolute Gasteiger partial charge is 0.261 e. The summed E-state index contributed by atoms with van der Waals surface area (Å²) in [5.74, 6) is 0.589. The molecule has 4 heteroatoms. The first kappa shape index (κ1) is 9.15. The summed E-state index contributed by atoms with van der Waals surface area (Å²) >= 11 is 0. The molecule has 2 heterocycles. The van der Waals surface area contributed by atoms with Gasteiger partial charge < -0.3 is 5.11 Å². The van der Waals surface area contributed by atoms with E-state index in [1.54, 1.807) is 10.6 Å². The molecule has 0 aliphatic carbocycles. The van der Waals surface area contributed by atoms with Crippen LogP contribution in [0.2, 0.25) is 0 Å². The maximum atomic E-state index is 12.1. The third kappa shape index (κ3) is 1.10. The van der Waals surface area contributed by atoms with Crippen molar-refractivity contribution in [2.45, 2.75) is 13.0 Å². The Morgan fingerprint density at radius 2 is 2.19 bits per heavy atom. The van der Waals surface area contributed by atoms with Crippen molar-refractivity contribution in [1.82, 2.24) is 9.55 Å². The van der Waals surface area contributed by atoms with Gasteiger partial charge >= 0.3 is 0 Å². The summed E-state index contributed by atoms with van der Waals surface area (Å²) in [6, 6.07) is 7.27. The molecule has 16 heavy (non-hydrogen) atoms. The maximum absolute atomic E-state index is 12.1. The van der Waals surface area contributed by atoms with Gasteiger partial charge in [-0.2, -0.15) is 0 Å². The van der Waals surface area contributed by atoms with E-state index in [1.807, 2.05) is 18.2 Å². The van der Waals surface area contributed by atoms with Gasteiger partial charge in [-0.05, 0) is 18.6 Å². The molecule has 0 atom stereocenters. The minimum Gasteiger partial charge on any atom is -0.515 e. The summed E-state index contributed by atoms with van der Waals surface area (Å²) in [6.07, 6.45) is 1.70. The maximum Gasteiger partial charge on any atom is 0.261 e. The quantitative estimate of drug-likeness (QED) is 0.679. The van der Waals surface area contributed by atoms with Crippen molar-refractivity contribution < 1.29 is 5.11 Å². The number of rotatable bonds is 0. The van der Waals surface area contributed by atoms with Gasteiger partial charge in [0.1, 0.15) is 5.82 Å². The normalized spacial score (nSPS) is 16.9. The molecule has 0 amide bonds. The van der Waals surface area contributed by atoms with Crippen molar-refractivity contribution >= 4 is 16.5 Å². The molecule has 1 aliphatic heterocycles. The summed E-state index contributed by atoms with van der Waals surface area (Å²) < 4.78 is 1.62. The van der Waals surface area contributed by atoms with Crippen molar-refractivity contribution in [2.24, 2.45) is 0 Å². The van der Waals surface area contributed by atoms with Crippen LogP contribution in [0.15, 0.2) is 35.3 Å². The highest BCUT2D eigenvalue weighted by molar-refractivity contribution is 5.79. The lowest BCUT2D eigenvalue weighted by molar-refractivity contribution is 0.474. The zero-order chi connectivity index (χ0) is 11.1. The van der Waals surface area contributed by atoms with Gasteiger partial charge in [-0.1, -0.05) is 12.1 Å². The highest BCUT2D eigenvalue weighted by Gasteiger charge is 2.20. The van der Waals surface area contributed by atoms with Crippen LogP contribution >= 0.6 is 0 Å². The molecular weight excluding hydrogens is 204 g/mol. The highest BCUT2D eigenvalue weighted by Crippen LogP contribution is 2.24. The Balaban J connectivity index is 2.46. The molecule has 0 spiro atoms. The third-order valence-corrected chi connectivity index (χ3v) is 2.91. The first-order valence-electron chi connectivity index (χ1n) is 5.14. The molecule has 0 unspecified atom stereocenters. The van der Waals surface area contributed by atoms with Gasteiger partial charge in [0.25, 0.3) is 5.56 Å². The van der Waals surface area contributed by atoms with Gasteiger partial charge in [0.2, 0.25) is 0 Å². The Morgan fingerprint density at radius 3 is 3.00 bits per heavy atom. The fraction of sp³-hybridized carbons (Fsp3) is 0.167. The average Bonchev–Trinajstić information content (AvgIpc) is 2.72. The molecule has 0 saturated heterocycles. The monoisotopic (exact) mass is 214 g/mol. The fourth-order valence-electron chi connectivity index (χ4n) is 2.09. The second-order valence-corrected chi connectivity index (χ2v) is 3.81. The summed E-state index contributed by atoms with van der Waals surface area (Å²) in [4.78, 5) is 16.5. The van der Waals surface area contributed by atoms with Crippen molar-refractivity contribution in [3.63, 3.8) is 0 Å². The lowest BCUT2D eigenvalue weighted by Gasteiger charge is -2.04. The van der Waals surface area contributed by atoms with E-state index in [2.05, 4.69) is 4.98 Å². The molecule has 0 radical (unpaired) electrons. The number of hydrogen-bond acceptors (Lipinski definition) is 3. The van der Waals surface area contributed by atoms with Crippen LogP contribution in [-0.2, 0) is 6.54 Å². The minimum absolute atomic E-state index is 0.0301. The van der Waals surface area contributed by atoms with Crippen LogP contribution in [0.4, 0.5) is 0 Å². The molecule has 0 fully saturated rings. The first-order valence-corrected chi connectivity index (χ1v) is 5.14. The number of allylic oxidation sites excluding steroid dienone is 1. The van der Waals surface area contributed by atoms with Crippen molar-refractivity contribution in [2.75, 3.05) is 0 Å². The van der Waals surface area contributed by atoms with Crippen LogP contribution in [0, 0.1) is 0 Å². The van der Waals surface area contributed by atoms with E-state index in [1.165, 1.54) is 0 Å². The van der Waals surface area contributed by atoms with Crippen molar-refractivity contribution in [3.8, 4) is 0 Å². The second kappa shape index (κ2) is 3.20. The van der Waals surface area contributed by atoms with E-state index in [9.17, 15) is 4.79 Å². The van der Waals surface area contributed by atoms with Crippen molar-refractivity contribution in [3.05, 3.63) is 46.7 Å². The molecule has 0 saturated carbocycles. The molecule has 1 N–H and O–H groups in total. The topological polar surface area (TPSA) is 55.1 Å². The van der Waals surface area contributed by atoms with E-state index in [0.717, 1.165) is 11.8 Å². The molecule has 2 aromatic rings. The number of aliphatic hydroxyl groups excluding tert-OH is 1. The van der Waals surface area contributed by atoms with Gasteiger partial charge in [-0.3, -0.25) is 9.36 Å². The summed E-state index contributed by atoms with van der Waals surface area (Å²) in [6.45, 7) is 0.596. The van der Waals surface area contributed by atoms with E-state index in [0.29, 0.717) is 29.7 Å². The Kier molecular flexibility index (Phi) is 1.83. The SMILES string of the molecule is O=c1c2ccccc2nc2n1CC/C2=C/O. The largest absolute Gasteiger partial charge is 0.515 e. The number of nitrogens with zero attached hydrogens (tertiary/aromatic N) is 2. The van der Waals surface area contributed by atoms with Gasteiger partial charge in [0.05, 0.1) is 17.2 Å². The van der Waals surface area contributed by atoms with Gasteiger partial charge in [-0.15, -0.1) is 0 Å². The average molecular weight is 214 g/mol. The number of hydrogen-bond donors (Lipinski definition) is 1. The first-order chi connectivity index (χ1) is 7.81. The predicted octanol–water partition coefficient (Wildman–Crippen LogP) is 1.70. The van der Waals surface area contributed by atoms with Crippen LogP contribution in [0.25, 0.3) is 16.5 Å². The number of aromatic nitrogens is 2. The van der Waals surface area contributed by atoms with E-state index in [-0.39, 0.29) is 5.56 Å². The van der Waals surface area contributed by atoms with Crippen LogP contribution < -0.4 is 5.56 Å². The van der Waals surface area contributed by atoms with Gasteiger partial charge in [0, 0.05) is 12.1 Å². The number of benzene rings is 1. The van der Waals surface area contributed by atoms with Gasteiger partial charge in [-0.25, -0.2) is 4.98 Å². The van der Waals surface area contributed by atoms with Crippen LogP contribution in [0.3, 0.4) is 0 Å². The van der Waals surface area contributed by atoms with E-state index in [4.69, 9.17) is 5.11 Å². The minimum atomic E-state index is -0.0301. The zero-order valence-corrected chi connectivity index (χ0v) is 8.55. The Labute approximate surface area is 91.5 Å². The number of fused-ring (bicyclic) bond motifs is 2. The standard InChI is InChI=1S/C12H10N2O2/c15-7-8-5-6-14-11(8)13-10-4-2-1-3-9(10)12(14)16/h1-4,7,15H,5-6H2/b8-7-. The lowest BCUT2D eigenvalue weighted by Crippen LogP contribution is -2.20. The summed E-state index contributed by atoms with van der Waals surface area (Å²) in [5.41, 5.74) is 1.38.